The van der Waals surface area contributed by atoms with Crippen molar-refractivity contribution in [3.63, 3.8) is 0 Å². The fourth-order valence-electron chi connectivity index (χ4n) is 2.65. The van der Waals surface area contributed by atoms with Gasteiger partial charge in [-0.25, -0.2) is 0 Å². The minimum Gasteiger partial charge on any atom is -0.400 e. The molecule has 1 fully saturated rings. The summed E-state index contributed by atoms with van der Waals surface area (Å²) in [4.78, 5) is 11.4. The van der Waals surface area contributed by atoms with E-state index in [0.717, 1.165) is 22.2 Å². The van der Waals surface area contributed by atoms with Crippen LogP contribution in [0.1, 0.15) is 51.3 Å². The van der Waals surface area contributed by atoms with Crippen LogP contribution >= 0.6 is 0 Å². The largest absolute Gasteiger partial charge is 0.492 e. The summed E-state index contributed by atoms with van der Waals surface area (Å²) < 4.78 is 12.3. The van der Waals surface area contributed by atoms with Gasteiger partial charge in [0.1, 0.15) is 0 Å². The molecule has 0 aromatic heterocycles. The topological polar surface area (TPSA) is 67.8 Å². The van der Waals surface area contributed by atoms with E-state index in [1.165, 1.54) is 6.92 Å². The van der Waals surface area contributed by atoms with Crippen molar-refractivity contribution in [2.45, 2.75) is 59.4 Å². The van der Waals surface area contributed by atoms with Gasteiger partial charge in [-0.1, -0.05) is 24.3 Å². The molecule has 1 aromatic rings. The maximum atomic E-state index is 11.4. The van der Waals surface area contributed by atoms with Crippen LogP contribution in [0.15, 0.2) is 23.7 Å². The molecule has 1 amide bonds. The molecule has 1 aromatic carbocycles. The Kier molecular flexibility index (Phi) is 5.77. The van der Waals surface area contributed by atoms with Gasteiger partial charge in [-0.3, -0.25) is 4.79 Å². The number of hydrogen-bond acceptors (Lipinski definition) is 4. The summed E-state index contributed by atoms with van der Waals surface area (Å²) in [5, 5.41) is 12.3. The Labute approximate surface area is 150 Å². The van der Waals surface area contributed by atoms with Crippen LogP contribution in [0.25, 0.3) is 6.08 Å². The summed E-state index contributed by atoms with van der Waals surface area (Å²) in [6, 6.07) is 5.78. The number of carbonyl (C=O) groups is 1. The lowest BCUT2D eigenvalue weighted by molar-refractivity contribution is -0.118. The van der Waals surface area contributed by atoms with Crippen molar-refractivity contribution in [2.24, 2.45) is 0 Å². The highest BCUT2D eigenvalue weighted by molar-refractivity contribution is 6.56. The van der Waals surface area contributed by atoms with Gasteiger partial charge >= 0.3 is 7.12 Å². The Morgan fingerprint density at radius 2 is 1.84 bits per heavy atom. The van der Waals surface area contributed by atoms with Gasteiger partial charge in [0.25, 0.3) is 0 Å². The van der Waals surface area contributed by atoms with E-state index in [-0.39, 0.29) is 12.5 Å². The second-order valence-electron chi connectivity index (χ2n) is 7.51. The molecule has 1 saturated heterocycles. The quantitative estimate of drug-likeness (QED) is 0.805. The highest BCUT2D eigenvalue weighted by atomic mass is 16.7. The van der Waals surface area contributed by atoms with Crippen LogP contribution in [0, 0.1) is 6.92 Å². The normalized spacial score (nSPS) is 19.2. The minimum absolute atomic E-state index is 0.00890. The Balaban J connectivity index is 2.39. The Morgan fingerprint density at radius 3 is 2.36 bits per heavy atom. The molecule has 2 N–H and O–H groups in total. The summed E-state index contributed by atoms with van der Waals surface area (Å²) in [5.74, 6) is -0.108. The summed E-state index contributed by atoms with van der Waals surface area (Å²) in [6.45, 7) is 11.8. The van der Waals surface area contributed by atoms with E-state index in [2.05, 4.69) is 5.32 Å². The van der Waals surface area contributed by atoms with E-state index >= 15 is 0 Å². The molecule has 1 aliphatic rings. The van der Waals surface area contributed by atoms with Gasteiger partial charge in [-0.2, -0.15) is 0 Å². The molecule has 1 heterocycles. The van der Waals surface area contributed by atoms with Gasteiger partial charge in [0.2, 0.25) is 5.91 Å². The van der Waals surface area contributed by atoms with E-state index in [1.54, 1.807) is 0 Å². The number of benzene rings is 1. The smallest absolute Gasteiger partial charge is 0.400 e. The molecule has 6 heteroatoms. The Hall–Kier alpha value is -1.63. The molecule has 0 atom stereocenters. The molecule has 5 nitrogen and oxygen atoms in total. The van der Waals surface area contributed by atoms with Crippen LogP contribution in [0.5, 0.6) is 0 Å². The molecule has 0 radical (unpaired) electrons. The van der Waals surface area contributed by atoms with Crippen LogP contribution in [0.2, 0.25) is 0 Å². The van der Waals surface area contributed by atoms with Gasteiger partial charge < -0.3 is 19.7 Å². The molecule has 0 saturated carbocycles. The summed E-state index contributed by atoms with van der Waals surface area (Å²) in [6.07, 6.45) is 1.98. The number of rotatable bonds is 5. The lowest BCUT2D eigenvalue weighted by Crippen LogP contribution is -2.41. The van der Waals surface area contributed by atoms with Crippen molar-refractivity contribution in [1.29, 1.82) is 0 Å². The van der Waals surface area contributed by atoms with Crippen molar-refractivity contribution < 1.29 is 19.2 Å². The van der Waals surface area contributed by atoms with Crippen LogP contribution in [-0.4, -0.2) is 35.9 Å². The number of nitrogens with one attached hydrogen (secondary N) is 1. The molecular formula is C19H28BNO4. The van der Waals surface area contributed by atoms with E-state index in [1.807, 2.05) is 58.9 Å². The number of hydrogen-bond donors (Lipinski definition) is 2. The summed E-state index contributed by atoms with van der Waals surface area (Å²) >= 11 is 0. The first kappa shape index (κ1) is 19.7. The predicted molar refractivity (Wildman–Crippen MR) is 99.8 cm³/mol. The zero-order valence-corrected chi connectivity index (χ0v) is 16.0. The van der Waals surface area contributed by atoms with Crippen molar-refractivity contribution in [1.82, 2.24) is 5.32 Å². The molecule has 2 rings (SSSR count). The SMILES string of the molecule is CC(=O)NCC(=Cc1cccc(CO)c1C)B1OC(C)(C)C(C)(C)O1. The highest BCUT2D eigenvalue weighted by Gasteiger charge is 2.52. The van der Waals surface area contributed by atoms with Gasteiger partial charge in [-0.15, -0.1) is 0 Å². The van der Waals surface area contributed by atoms with E-state index in [0.29, 0.717) is 6.54 Å². The molecule has 25 heavy (non-hydrogen) atoms. The van der Waals surface area contributed by atoms with Gasteiger partial charge in [-0.05, 0) is 56.8 Å². The molecule has 0 unspecified atom stereocenters. The molecule has 0 aliphatic carbocycles. The standard InChI is InChI=1S/C19H28BNO4/c1-13-15(8-7-9-16(13)12-22)10-17(11-21-14(2)23)20-24-18(3,4)19(5,6)25-20/h7-10,22H,11-12H2,1-6H3,(H,21,23). The van der Waals surface area contributed by atoms with Crippen LogP contribution < -0.4 is 5.32 Å². The second kappa shape index (κ2) is 7.32. The minimum atomic E-state index is -0.533. The number of amides is 1. The third kappa shape index (κ3) is 4.32. The zero-order valence-electron chi connectivity index (χ0n) is 16.0. The monoisotopic (exact) mass is 345 g/mol. The van der Waals surface area contributed by atoms with Crippen LogP contribution in [0.3, 0.4) is 0 Å². The average molecular weight is 345 g/mol. The highest BCUT2D eigenvalue weighted by Crippen LogP contribution is 2.38. The second-order valence-corrected chi connectivity index (χ2v) is 7.51. The predicted octanol–water partition coefficient (Wildman–Crippen LogP) is 2.64. The van der Waals surface area contributed by atoms with Crippen LogP contribution in [-0.2, 0) is 20.7 Å². The molecule has 0 bridgehead atoms. The Bertz CT molecular complexity index is 666. The van der Waals surface area contributed by atoms with Gasteiger partial charge in [0.05, 0.1) is 17.8 Å². The first-order valence-corrected chi connectivity index (χ1v) is 8.57. The summed E-state index contributed by atoms with van der Waals surface area (Å²) in [7, 11) is -0.533. The van der Waals surface area contributed by atoms with Crippen molar-refractivity contribution in [2.75, 3.05) is 6.54 Å². The zero-order chi connectivity index (χ0) is 18.8. The van der Waals surface area contributed by atoms with Crippen molar-refractivity contribution >= 4 is 19.1 Å². The molecule has 1 aliphatic heterocycles. The fraction of sp³-hybridized carbons (Fsp3) is 0.526. The number of carbonyl (C=O) groups excluding carboxylic acids is 1. The van der Waals surface area contributed by atoms with Crippen LogP contribution in [0.4, 0.5) is 0 Å². The van der Waals surface area contributed by atoms with E-state index in [9.17, 15) is 9.90 Å². The average Bonchev–Trinajstić information content (AvgIpc) is 2.73. The molecule has 136 valence electrons. The molecular weight excluding hydrogens is 317 g/mol. The number of aliphatic hydroxyl groups excluding tert-OH is 1. The first-order valence-electron chi connectivity index (χ1n) is 8.57. The fourth-order valence-corrected chi connectivity index (χ4v) is 2.65. The number of aliphatic hydroxyl groups is 1. The molecule has 0 spiro atoms. The first-order chi connectivity index (χ1) is 11.6. The van der Waals surface area contributed by atoms with E-state index < -0.39 is 18.3 Å². The van der Waals surface area contributed by atoms with Crippen molar-refractivity contribution in [3.05, 3.63) is 40.4 Å². The maximum Gasteiger partial charge on any atom is 0.492 e. The van der Waals surface area contributed by atoms with Gasteiger partial charge in [0.15, 0.2) is 0 Å². The van der Waals surface area contributed by atoms with Crippen molar-refractivity contribution in [3.8, 4) is 0 Å². The lowest BCUT2D eigenvalue weighted by Gasteiger charge is -2.32. The van der Waals surface area contributed by atoms with E-state index in [4.69, 9.17) is 9.31 Å². The maximum absolute atomic E-state index is 11.4. The Morgan fingerprint density at radius 1 is 1.24 bits per heavy atom. The third-order valence-corrected chi connectivity index (χ3v) is 5.10. The van der Waals surface area contributed by atoms with Gasteiger partial charge in [0, 0.05) is 13.5 Å². The third-order valence-electron chi connectivity index (χ3n) is 5.10. The summed E-state index contributed by atoms with van der Waals surface area (Å²) in [5.41, 5.74) is 2.79. The lowest BCUT2D eigenvalue weighted by atomic mass is 9.76.